The van der Waals surface area contributed by atoms with Crippen LogP contribution in [-0.2, 0) is 16.6 Å². The zero-order valence-corrected chi connectivity index (χ0v) is 21.4. The van der Waals surface area contributed by atoms with Gasteiger partial charge in [0, 0.05) is 35.3 Å². The Morgan fingerprint density at radius 3 is 1.92 bits per heavy atom. The molecular formula is C32H30N2O3. The molecular weight excluding hydrogens is 460 g/mol. The number of hydrogen-bond acceptors (Lipinski definition) is 3. The van der Waals surface area contributed by atoms with Crippen LogP contribution in [0.4, 0.5) is 5.69 Å². The zero-order valence-electron chi connectivity index (χ0n) is 21.4. The minimum atomic E-state index is -0.326. The molecule has 0 saturated carbocycles. The second-order valence-electron chi connectivity index (χ2n) is 10.5. The van der Waals surface area contributed by atoms with E-state index in [1.165, 1.54) is 4.90 Å². The van der Waals surface area contributed by atoms with Crippen LogP contribution in [0.3, 0.4) is 0 Å². The lowest BCUT2D eigenvalue weighted by Crippen LogP contribution is -2.46. The number of carbonyl (C=O) groups excluding carboxylic acids is 3. The summed E-state index contributed by atoms with van der Waals surface area (Å²) in [7, 11) is 0. The fourth-order valence-corrected chi connectivity index (χ4v) is 4.89. The van der Waals surface area contributed by atoms with E-state index in [1.54, 1.807) is 17.0 Å². The number of amides is 3. The van der Waals surface area contributed by atoms with Gasteiger partial charge in [-0.2, -0.15) is 0 Å². The predicted octanol–water partition coefficient (Wildman–Crippen LogP) is 6.01. The van der Waals surface area contributed by atoms with Crippen molar-refractivity contribution in [2.24, 2.45) is 0 Å². The number of rotatable bonds is 6. The Kier molecular flexibility index (Phi) is 6.38. The summed E-state index contributed by atoms with van der Waals surface area (Å²) in [6, 6.07) is 28.5. The van der Waals surface area contributed by atoms with Crippen molar-refractivity contribution in [1.29, 1.82) is 0 Å². The van der Waals surface area contributed by atoms with E-state index in [0.717, 1.165) is 22.2 Å². The van der Waals surface area contributed by atoms with Crippen LogP contribution in [0.5, 0.6) is 0 Å². The maximum Gasteiger partial charge on any atom is 0.261 e. The van der Waals surface area contributed by atoms with Crippen molar-refractivity contribution in [1.82, 2.24) is 4.90 Å². The number of imide groups is 1. The van der Waals surface area contributed by atoms with Crippen molar-refractivity contribution >= 4 is 34.2 Å². The third-order valence-electron chi connectivity index (χ3n) is 6.95. The van der Waals surface area contributed by atoms with Crippen molar-refractivity contribution in [3.63, 3.8) is 0 Å². The summed E-state index contributed by atoms with van der Waals surface area (Å²) in [4.78, 5) is 43.2. The summed E-state index contributed by atoms with van der Waals surface area (Å²) >= 11 is 0. The maximum absolute atomic E-state index is 13.5. The molecule has 186 valence electrons. The van der Waals surface area contributed by atoms with Gasteiger partial charge in [0.2, 0.25) is 5.91 Å². The molecule has 1 heterocycles. The molecule has 0 N–H and O–H groups in total. The van der Waals surface area contributed by atoms with Gasteiger partial charge in [-0.25, -0.2) is 0 Å². The summed E-state index contributed by atoms with van der Waals surface area (Å²) in [5, 5.41) is 1.57. The van der Waals surface area contributed by atoms with E-state index >= 15 is 0 Å². The largest absolute Gasteiger partial charge is 0.310 e. The van der Waals surface area contributed by atoms with Crippen LogP contribution in [0.2, 0.25) is 0 Å². The van der Waals surface area contributed by atoms with Gasteiger partial charge in [-0.3, -0.25) is 19.3 Å². The topological polar surface area (TPSA) is 57.7 Å². The van der Waals surface area contributed by atoms with Crippen LogP contribution >= 0.6 is 0 Å². The molecule has 0 unspecified atom stereocenters. The zero-order chi connectivity index (χ0) is 26.2. The second-order valence-corrected chi connectivity index (χ2v) is 10.5. The van der Waals surface area contributed by atoms with E-state index in [2.05, 4.69) is 20.8 Å². The summed E-state index contributed by atoms with van der Waals surface area (Å²) in [5.74, 6) is -0.741. The highest BCUT2D eigenvalue weighted by atomic mass is 16.2. The lowest BCUT2D eigenvalue weighted by molar-refractivity contribution is -0.118. The smallest absolute Gasteiger partial charge is 0.261 e. The van der Waals surface area contributed by atoms with Gasteiger partial charge in [0.1, 0.15) is 0 Å². The molecule has 1 aliphatic heterocycles. The molecule has 5 nitrogen and oxygen atoms in total. The van der Waals surface area contributed by atoms with Gasteiger partial charge >= 0.3 is 0 Å². The third kappa shape index (κ3) is 4.77. The van der Waals surface area contributed by atoms with Gasteiger partial charge in [0.05, 0.1) is 6.42 Å². The van der Waals surface area contributed by atoms with E-state index in [9.17, 15) is 14.4 Å². The lowest BCUT2D eigenvalue weighted by Gasteiger charge is -2.30. The first kappa shape index (κ1) is 24.4. The fourth-order valence-electron chi connectivity index (χ4n) is 4.89. The number of carbonyl (C=O) groups is 3. The van der Waals surface area contributed by atoms with E-state index in [4.69, 9.17) is 0 Å². The average molecular weight is 491 g/mol. The van der Waals surface area contributed by atoms with Gasteiger partial charge < -0.3 is 4.90 Å². The van der Waals surface area contributed by atoms with E-state index in [0.29, 0.717) is 16.5 Å². The van der Waals surface area contributed by atoms with E-state index < -0.39 is 0 Å². The SMILES string of the molecule is CC(C)(C)c1ccc(N(CCN2C(=O)c3cccc4cccc(c34)C2=O)C(=O)Cc2ccccc2)cc1. The van der Waals surface area contributed by atoms with Crippen LogP contribution < -0.4 is 4.90 Å². The van der Waals surface area contributed by atoms with Crippen LogP contribution in [0, 0.1) is 0 Å². The van der Waals surface area contributed by atoms with Crippen LogP contribution in [0.1, 0.15) is 52.6 Å². The van der Waals surface area contributed by atoms with Crippen LogP contribution in [0.25, 0.3) is 10.8 Å². The number of anilines is 1. The van der Waals surface area contributed by atoms with Crippen LogP contribution in [-0.4, -0.2) is 35.7 Å². The molecule has 0 spiro atoms. The molecule has 4 aromatic rings. The van der Waals surface area contributed by atoms with Crippen molar-refractivity contribution in [2.75, 3.05) is 18.0 Å². The van der Waals surface area contributed by atoms with Crippen molar-refractivity contribution in [2.45, 2.75) is 32.6 Å². The Morgan fingerprint density at radius 1 is 0.757 bits per heavy atom. The van der Waals surface area contributed by atoms with Gasteiger partial charge in [0.15, 0.2) is 0 Å². The second kappa shape index (κ2) is 9.66. The van der Waals surface area contributed by atoms with Gasteiger partial charge in [-0.1, -0.05) is 87.5 Å². The molecule has 3 amide bonds. The molecule has 0 atom stereocenters. The first-order valence-corrected chi connectivity index (χ1v) is 12.6. The van der Waals surface area contributed by atoms with Crippen molar-refractivity contribution in [3.8, 4) is 0 Å². The van der Waals surface area contributed by atoms with E-state index in [-0.39, 0.29) is 42.6 Å². The average Bonchev–Trinajstić information content (AvgIpc) is 2.89. The lowest BCUT2D eigenvalue weighted by atomic mass is 9.87. The highest BCUT2D eigenvalue weighted by Crippen LogP contribution is 2.30. The molecule has 0 saturated heterocycles. The first-order chi connectivity index (χ1) is 17.7. The van der Waals surface area contributed by atoms with Crippen molar-refractivity contribution < 1.29 is 14.4 Å². The normalized spacial score (nSPS) is 13.2. The molecule has 0 radical (unpaired) electrons. The minimum Gasteiger partial charge on any atom is -0.310 e. The first-order valence-electron chi connectivity index (χ1n) is 12.6. The van der Waals surface area contributed by atoms with Crippen molar-refractivity contribution in [3.05, 3.63) is 113 Å². The highest BCUT2D eigenvalue weighted by molar-refractivity contribution is 6.25. The summed E-state index contributed by atoms with van der Waals surface area (Å²) in [5.41, 5.74) is 3.84. The Bertz CT molecular complexity index is 1430. The summed E-state index contributed by atoms with van der Waals surface area (Å²) in [6.45, 7) is 6.74. The maximum atomic E-state index is 13.5. The van der Waals surface area contributed by atoms with E-state index in [1.807, 2.05) is 78.9 Å². The molecule has 5 heteroatoms. The number of nitrogens with zero attached hydrogens (tertiary/aromatic N) is 2. The molecule has 1 aliphatic rings. The third-order valence-corrected chi connectivity index (χ3v) is 6.95. The Morgan fingerprint density at radius 2 is 1.35 bits per heavy atom. The predicted molar refractivity (Wildman–Crippen MR) is 147 cm³/mol. The summed E-state index contributed by atoms with van der Waals surface area (Å²) in [6.07, 6.45) is 0.228. The Hall–Kier alpha value is -4.25. The highest BCUT2D eigenvalue weighted by Gasteiger charge is 2.33. The standard InChI is InChI=1S/C32H30N2O3/c1-32(2,3)24-15-17-25(18-16-24)33(28(35)21-22-9-5-4-6-10-22)19-20-34-30(36)26-13-7-11-23-12-8-14-27(29(23)26)31(34)37/h4-18H,19-21H2,1-3H3. The van der Waals surface area contributed by atoms with Gasteiger partial charge in [-0.05, 0) is 46.2 Å². The summed E-state index contributed by atoms with van der Waals surface area (Å²) < 4.78 is 0. The Labute approximate surface area is 217 Å². The molecule has 0 aromatic heterocycles. The van der Waals surface area contributed by atoms with Gasteiger partial charge in [-0.15, -0.1) is 0 Å². The molecule has 0 fully saturated rings. The quantitative estimate of drug-likeness (QED) is 0.311. The fraction of sp³-hybridized carbons (Fsp3) is 0.219. The minimum absolute atomic E-state index is 0.0154. The number of benzene rings is 4. The van der Waals surface area contributed by atoms with Gasteiger partial charge in [0.25, 0.3) is 11.8 Å². The molecule has 5 rings (SSSR count). The molecule has 0 bridgehead atoms. The molecule has 4 aromatic carbocycles. The number of hydrogen-bond donors (Lipinski definition) is 0. The molecule has 37 heavy (non-hydrogen) atoms. The monoisotopic (exact) mass is 490 g/mol. The van der Waals surface area contributed by atoms with Crippen LogP contribution in [0.15, 0.2) is 91.0 Å². The molecule has 0 aliphatic carbocycles. The Balaban J connectivity index is 1.43.